The average molecular weight is 434 g/mol. The Morgan fingerprint density at radius 1 is 1.12 bits per heavy atom. The minimum atomic E-state index is -0.0917. The van der Waals surface area contributed by atoms with Crippen LogP contribution in [-0.4, -0.2) is 29.7 Å². The summed E-state index contributed by atoms with van der Waals surface area (Å²) in [6.07, 6.45) is 5.07. The molecule has 3 aromatic rings. The highest BCUT2D eigenvalue weighted by Crippen LogP contribution is 2.53. The second kappa shape index (κ2) is 7.38. The lowest BCUT2D eigenvalue weighted by molar-refractivity contribution is 0.126. The Kier molecular flexibility index (Phi) is 4.86. The number of rotatable bonds is 4. The summed E-state index contributed by atoms with van der Waals surface area (Å²) in [5.41, 5.74) is 3.00. The molecule has 1 aliphatic heterocycles. The van der Waals surface area contributed by atoms with Crippen LogP contribution in [0.25, 0.3) is 22.1 Å². The topological polar surface area (TPSA) is 62.9 Å². The third-order valence-corrected chi connectivity index (χ3v) is 7.31. The number of ether oxygens (including phenoxy) is 1. The normalized spacial score (nSPS) is 24.7. The number of benzene rings is 2. The molecule has 2 aliphatic rings. The maximum atomic E-state index is 13.3. The highest BCUT2D eigenvalue weighted by molar-refractivity contribution is 5.85. The van der Waals surface area contributed by atoms with Gasteiger partial charge in [-0.3, -0.25) is 9.69 Å². The summed E-state index contributed by atoms with van der Waals surface area (Å²) >= 11 is 0. The number of phenolic OH excluding ortho intramolecular Hbond substituents is 1. The molecule has 5 heteroatoms. The fourth-order valence-electron chi connectivity index (χ4n) is 6.33. The van der Waals surface area contributed by atoms with Gasteiger partial charge in [0.25, 0.3) is 0 Å². The smallest absolute Gasteiger partial charge is 0.200 e. The van der Waals surface area contributed by atoms with Crippen LogP contribution in [0.5, 0.6) is 11.5 Å². The predicted molar refractivity (Wildman–Crippen MR) is 126 cm³/mol. The molecule has 1 N–H and O–H groups in total. The largest absolute Gasteiger partial charge is 0.507 e. The van der Waals surface area contributed by atoms with Crippen LogP contribution in [0.1, 0.15) is 45.6 Å². The van der Waals surface area contributed by atoms with Gasteiger partial charge in [0.15, 0.2) is 0 Å². The number of hydrogen-bond acceptors (Lipinski definition) is 5. The van der Waals surface area contributed by atoms with Crippen molar-refractivity contribution in [1.82, 2.24) is 4.90 Å². The molecule has 5 nitrogen and oxygen atoms in total. The fourth-order valence-corrected chi connectivity index (χ4v) is 6.33. The summed E-state index contributed by atoms with van der Waals surface area (Å²) in [5, 5.41) is 11.2. The van der Waals surface area contributed by atoms with Gasteiger partial charge in [0, 0.05) is 19.1 Å². The van der Waals surface area contributed by atoms with Gasteiger partial charge in [0.1, 0.15) is 23.3 Å². The summed E-state index contributed by atoms with van der Waals surface area (Å²) in [7, 11) is 1.61. The van der Waals surface area contributed by atoms with Crippen molar-refractivity contribution in [2.45, 2.75) is 52.6 Å². The first-order valence-corrected chi connectivity index (χ1v) is 11.3. The highest BCUT2D eigenvalue weighted by atomic mass is 16.5. The third-order valence-electron chi connectivity index (χ3n) is 7.31. The number of likely N-dealkylation sites (tertiary alicyclic amines) is 1. The van der Waals surface area contributed by atoms with Crippen molar-refractivity contribution in [3.05, 3.63) is 58.4 Å². The highest BCUT2D eigenvalue weighted by Gasteiger charge is 2.49. The van der Waals surface area contributed by atoms with E-state index in [2.05, 4.69) is 25.7 Å². The standard InChI is InChI=1S/C27H31NO4/c1-26(2)11-18-12-27(3,15-26)16-28(18)13-21-23(29)10-9-20-24(30)22(14-32-25(20)21)17-5-7-19(31-4)8-6-17/h5-10,14,18,29H,11-13,15-16H2,1-4H3/t18-,27+/m0/s1. The molecule has 0 radical (unpaired) electrons. The van der Waals surface area contributed by atoms with Crippen molar-refractivity contribution in [3.63, 3.8) is 0 Å². The molecule has 2 aromatic carbocycles. The zero-order valence-corrected chi connectivity index (χ0v) is 19.3. The van der Waals surface area contributed by atoms with Gasteiger partial charge in [-0.05, 0) is 59.9 Å². The second-order valence-electron chi connectivity index (χ2n) is 10.8. The first kappa shape index (κ1) is 21.1. The summed E-state index contributed by atoms with van der Waals surface area (Å²) in [5.74, 6) is 0.919. The van der Waals surface area contributed by atoms with Crippen molar-refractivity contribution in [3.8, 4) is 22.6 Å². The third kappa shape index (κ3) is 3.58. The average Bonchev–Trinajstić information content (AvgIpc) is 2.98. The van der Waals surface area contributed by atoms with E-state index >= 15 is 0 Å². The Morgan fingerprint density at radius 3 is 2.59 bits per heavy atom. The fraction of sp³-hybridized carbons (Fsp3) is 0.444. The molecule has 168 valence electrons. The minimum Gasteiger partial charge on any atom is -0.507 e. The molecule has 0 unspecified atom stereocenters. The first-order chi connectivity index (χ1) is 15.2. The van der Waals surface area contributed by atoms with E-state index in [1.165, 1.54) is 19.1 Å². The zero-order chi connectivity index (χ0) is 22.7. The second-order valence-corrected chi connectivity index (χ2v) is 10.8. The molecule has 1 saturated carbocycles. The van der Waals surface area contributed by atoms with E-state index in [-0.39, 0.29) is 11.2 Å². The van der Waals surface area contributed by atoms with E-state index in [0.717, 1.165) is 24.3 Å². The molecular formula is C27H31NO4. The van der Waals surface area contributed by atoms with Crippen molar-refractivity contribution in [1.29, 1.82) is 0 Å². The van der Waals surface area contributed by atoms with Crippen LogP contribution in [0, 0.1) is 10.8 Å². The van der Waals surface area contributed by atoms with Crippen LogP contribution in [0.15, 0.2) is 51.9 Å². The Labute approximate surface area is 188 Å². The SMILES string of the molecule is COc1ccc(-c2coc3c(CN4C[C@]5(C)C[C@@H]4CC(C)(C)C5)c(O)ccc3c2=O)cc1. The maximum Gasteiger partial charge on any atom is 0.200 e. The van der Waals surface area contributed by atoms with Gasteiger partial charge in [0.05, 0.1) is 23.6 Å². The molecule has 2 atom stereocenters. The number of methoxy groups -OCH3 is 1. The van der Waals surface area contributed by atoms with Crippen LogP contribution in [0.4, 0.5) is 0 Å². The maximum absolute atomic E-state index is 13.3. The summed E-state index contributed by atoms with van der Waals surface area (Å²) in [4.78, 5) is 15.8. The van der Waals surface area contributed by atoms with Gasteiger partial charge in [0.2, 0.25) is 5.43 Å². The van der Waals surface area contributed by atoms with E-state index < -0.39 is 0 Å². The molecule has 0 amide bonds. The molecule has 0 spiro atoms. The van der Waals surface area contributed by atoms with Crippen LogP contribution >= 0.6 is 0 Å². The zero-order valence-electron chi connectivity index (χ0n) is 19.3. The number of fused-ring (bicyclic) bond motifs is 3. The van der Waals surface area contributed by atoms with Gasteiger partial charge in [-0.1, -0.05) is 32.9 Å². The summed E-state index contributed by atoms with van der Waals surface area (Å²) in [6.45, 7) is 8.69. The van der Waals surface area contributed by atoms with Crippen molar-refractivity contribution in [2.75, 3.05) is 13.7 Å². The number of aromatic hydroxyl groups is 1. The van der Waals surface area contributed by atoms with E-state index in [4.69, 9.17) is 9.15 Å². The quantitative estimate of drug-likeness (QED) is 0.582. The predicted octanol–water partition coefficient (Wildman–Crippen LogP) is 5.57. The molecule has 2 heterocycles. The lowest BCUT2D eigenvalue weighted by Crippen LogP contribution is -2.34. The van der Waals surface area contributed by atoms with E-state index in [1.807, 2.05) is 24.3 Å². The lowest BCUT2D eigenvalue weighted by Gasteiger charge is -2.40. The molecule has 2 bridgehead atoms. The van der Waals surface area contributed by atoms with Gasteiger partial charge in [-0.2, -0.15) is 0 Å². The molecular weight excluding hydrogens is 402 g/mol. The van der Waals surface area contributed by atoms with Crippen LogP contribution < -0.4 is 10.2 Å². The van der Waals surface area contributed by atoms with E-state index in [9.17, 15) is 9.90 Å². The number of nitrogens with zero attached hydrogens (tertiary/aromatic N) is 1. The van der Waals surface area contributed by atoms with Crippen molar-refractivity contribution >= 4 is 11.0 Å². The monoisotopic (exact) mass is 433 g/mol. The Balaban J connectivity index is 1.52. The summed E-state index contributed by atoms with van der Waals surface area (Å²) < 4.78 is 11.2. The van der Waals surface area contributed by atoms with E-state index in [0.29, 0.717) is 45.5 Å². The Bertz CT molecular complexity index is 1230. The lowest BCUT2D eigenvalue weighted by atomic mass is 9.65. The number of hydrogen-bond donors (Lipinski definition) is 1. The van der Waals surface area contributed by atoms with Gasteiger partial charge in [-0.15, -0.1) is 0 Å². The summed E-state index contributed by atoms with van der Waals surface area (Å²) in [6, 6.07) is 11.1. The molecule has 1 aromatic heterocycles. The van der Waals surface area contributed by atoms with Crippen LogP contribution in [0.2, 0.25) is 0 Å². The van der Waals surface area contributed by atoms with Gasteiger partial charge < -0.3 is 14.3 Å². The minimum absolute atomic E-state index is 0.0917. The van der Waals surface area contributed by atoms with Gasteiger partial charge in [-0.25, -0.2) is 0 Å². The van der Waals surface area contributed by atoms with Crippen molar-refractivity contribution < 1.29 is 14.3 Å². The molecule has 32 heavy (non-hydrogen) atoms. The molecule has 1 aliphatic carbocycles. The molecule has 5 rings (SSSR count). The molecule has 1 saturated heterocycles. The van der Waals surface area contributed by atoms with Crippen molar-refractivity contribution in [2.24, 2.45) is 10.8 Å². The Morgan fingerprint density at radius 2 is 1.88 bits per heavy atom. The van der Waals surface area contributed by atoms with Crippen LogP contribution in [0.3, 0.4) is 0 Å². The Hall–Kier alpha value is -2.79. The van der Waals surface area contributed by atoms with Crippen LogP contribution in [-0.2, 0) is 6.54 Å². The van der Waals surface area contributed by atoms with Gasteiger partial charge >= 0.3 is 0 Å². The molecule has 2 fully saturated rings. The van der Waals surface area contributed by atoms with E-state index in [1.54, 1.807) is 19.2 Å². The first-order valence-electron chi connectivity index (χ1n) is 11.3. The number of phenols is 1.